The normalized spacial score (nSPS) is 11.1. The number of rotatable bonds is 15. The van der Waals surface area contributed by atoms with E-state index in [-0.39, 0.29) is 5.91 Å². The number of nitrogens with one attached hydrogen (secondary N) is 1. The zero-order valence-corrected chi connectivity index (χ0v) is 16.0. The maximum Gasteiger partial charge on any atom is 0.224 e. The van der Waals surface area contributed by atoms with Crippen molar-refractivity contribution in [2.75, 3.05) is 5.32 Å². The second kappa shape index (κ2) is 15.9. The van der Waals surface area contributed by atoms with Crippen LogP contribution in [0.3, 0.4) is 0 Å². The maximum atomic E-state index is 11.8. The number of hydrogen-bond acceptors (Lipinski definition) is 2. The molecule has 0 atom stereocenters. The third-order valence-electron chi connectivity index (χ3n) is 4.38. The SMILES string of the molecule is CCCCCCC/C=C\CCCCCCCC(=O)Nc1ccncc1. The molecule has 1 aromatic rings. The Balaban J connectivity index is 1.85. The molecule has 0 aromatic carbocycles. The fourth-order valence-corrected chi connectivity index (χ4v) is 2.84. The Kier molecular flexibility index (Phi) is 13.6. The molecule has 1 N–H and O–H groups in total. The van der Waals surface area contributed by atoms with Gasteiger partial charge in [0.05, 0.1) is 0 Å². The highest BCUT2D eigenvalue weighted by Gasteiger charge is 2.01. The van der Waals surface area contributed by atoms with E-state index in [1.165, 1.54) is 64.2 Å². The molecule has 3 nitrogen and oxygen atoms in total. The number of carbonyl (C=O) groups is 1. The van der Waals surface area contributed by atoms with Crippen molar-refractivity contribution in [2.24, 2.45) is 0 Å². The van der Waals surface area contributed by atoms with Gasteiger partial charge in [0.1, 0.15) is 0 Å². The number of pyridine rings is 1. The summed E-state index contributed by atoms with van der Waals surface area (Å²) < 4.78 is 0. The lowest BCUT2D eigenvalue weighted by molar-refractivity contribution is -0.116. The molecule has 0 aliphatic rings. The summed E-state index contributed by atoms with van der Waals surface area (Å²) in [5.74, 6) is 0.105. The lowest BCUT2D eigenvalue weighted by Gasteiger charge is -2.04. The molecular weight excluding hydrogens is 308 g/mol. The smallest absolute Gasteiger partial charge is 0.224 e. The average molecular weight is 345 g/mol. The van der Waals surface area contributed by atoms with Gasteiger partial charge in [0.25, 0.3) is 0 Å². The summed E-state index contributed by atoms with van der Waals surface area (Å²) in [6, 6.07) is 3.63. The van der Waals surface area contributed by atoms with Crippen LogP contribution in [0, 0.1) is 0 Å². The third kappa shape index (κ3) is 13.3. The largest absolute Gasteiger partial charge is 0.326 e. The van der Waals surface area contributed by atoms with Gasteiger partial charge in [-0.25, -0.2) is 0 Å². The molecule has 0 radical (unpaired) electrons. The summed E-state index contributed by atoms with van der Waals surface area (Å²) in [6.07, 6.45) is 23.9. The Morgan fingerprint density at radius 1 is 0.880 bits per heavy atom. The van der Waals surface area contributed by atoms with E-state index in [9.17, 15) is 4.79 Å². The van der Waals surface area contributed by atoms with Crippen molar-refractivity contribution in [1.29, 1.82) is 0 Å². The van der Waals surface area contributed by atoms with Gasteiger partial charge in [-0.2, -0.15) is 0 Å². The number of aromatic nitrogens is 1. The summed E-state index contributed by atoms with van der Waals surface area (Å²) >= 11 is 0. The van der Waals surface area contributed by atoms with Crippen molar-refractivity contribution >= 4 is 11.6 Å². The molecule has 1 heterocycles. The molecule has 0 aliphatic heterocycles. The Morgan fingerprint density at radius 3 is 2.08 bits per heavy atom. The molecule has 1 aromatic heterocycles. The minimum absolute atomic E-state index is 0.105. The zero-order valence-electron chi connectivity index (χ0n) is 16.0. The van der Waals surface area contributed by atoms with Gasteiger partial charge >= 0.3 is 0 Å². The molecule has 3 heteroatoms. The number of nitrogens with zero attached hydrogens (tertiary/aromatic N) is 1. The van der Waals surface area contributed by atoms with Crippen molar-refractivity contribution in [3.63, 3.8) is 0 Å². The van der Waals surface area contributed by atoms with Crippen LogP contribution in [0.1, 0.15) is 90.4 Å². The molecule has 1 rings (SSSR count). The van der Waals surface area contributed by atoms with E-state index >= 15 is 0 Å². The van der Waals surface area contributed by atoms with Crippen LogP contribution in [0.15, 0.2) is 36.7 Å². The minimum atomic E-state index is 0.105. The van der Waals surface area contributed by atoms with Gasteiger partial charge < -0.3 is 5.32 Å². The predicted octanol–water partition coefficient (Wildman–Crippen LogP) is 6.67. The topological polar surface area (TPSA) is 42.0 Å². The van der Waals surface area contributed by atoms with Crippen molar-refractivity contribution in [2.45, 2.75) is 90.4 Å². The van der Waals surface area contributed by atoms with Gasteiger partial charge in [0, 0.05) is 24.5 Å². The summed E-state index contributed by atoms with van der Waals surface area (Å²) in [4.78, 5) is 15.7. The molecule has 0 aliphatic carbocycles. The molecule has 25 heavy (non-hydrogen) atoms. The summed E-state index contributed by atoms with van der Waals surface area (Å²) in [5.41, 5.74) is 0.831. The van der Waals surface area contributed by atoms with E-state index in [0.29, 0.717) is 6.42 Å². The second-order valence-electron chi connectivity index (χ2n) is 6.76. The van der Waals surface area contributed by atoms with E-state index < -0.39 is 0 Å². The highest BCUT2D eigenvalue weighted by Crippen LogP contribution is 2.10. The average Bonchev–Trinajstić information content (AvgIpc) is 2.63. The van der Waals surface area contributed by atoms with Crippen LogP contribution in [-0.4, -0.2) is 10.9 Å². The van der Waals surface area contributed by atoms with E-state index in [1.807, 2.05) is 12.1 Å². The number of hydrogen-bond donors (Lipinski definition) is 1. The summed E-state index contributed by atoms with van der Waals surface area (Å²) in [6.45, 7) is 2.26. The Hall–Kier alpha value is -1.64. The molecule has 1 amide bonds. The standard InChI is InChI=1S/C22H36N2O/c1-2-3-4-5-6-7-8-9-10-11-12-13-14-15-16-22(25)24-21-17-19-23-20-18-21/h8-9,17-20H,2-7,10-16H2,1H3,(H,23,24,25)/b9-8-. The molecule has 0 unspecified atom stereocenters. The number of amides is 1. The first kappa shape index (κ1) is 21.4. The van der Waals surface area contributed by atoms with Crippen LogP contribution in [0.5, 0.6) is 0 Å². The summed E-state index contributed by atoms with van der Waals surface area (Å²) in [5, 5.41) is 2.90. The quantitative estimate of drug-likeness (QED) is 0.285. The first-order chi connectivity index (χ1) is 12.3. The maximum absolute atomic E-state index is 11.8. The van der Waals surface area contributed by atoms with Crippen LogP contribution >= 0.6 is 0 Å². The Bertz CT molecular complexity index is 456. The van der Waals surface area contributed by atoms with Crippen molar-refractivity contribution < 1.29 is 4.79 Å². The van der Waals surface area contributed by atoms with Crippen molar-refractivity contribution in [1.82, 2.24) is 4.98 Å². The zero-order chi connectivity index (χ0) is 18.0. The molecule has 0 saturated heterocycles. The predicted molar refractivity (Wildman–Crippen MR) is 108 cm³/mol. The van der Waals surface area contributed by atoms with E-state index in [4.69, 9.17) is 0 Å². The molecule has 140 valence electrons. The lowest BCUT2D eigenvalue weighted by atomic mass is 10.1. The lowest BCUT2D eigenvalue weighted by Crippen LogP contribution is -2.10. The second-order valence-corrected chi connectivity index (χ2v) is 6.76. The number of carbonyl (C=O) groups excluding carboxylic acids is 1. The number of allylic oxidation sites excluding steroid dienone is 2. The molecular formula is C22H36N2O. The van der Waals surface area contributed by atoms with E-state index in [1.54, 1.807) is 12.4 Å². The fraction of sp³-hybridized carbons (Fsp3) is 0.636. The van der Waals surface area contributed by atoms with Crippen LogP contribution < -0.4 is 5.32 Å². The number of anilines is 1. The van der Waals surface area contributed by atoms with Crippen LogP contribution in [0.4, 0.5) is 5.69 Å². The van der Waals surface area contributed by atoms with E-state index in [0.717, 1.165) is 18.5 Å². The molecule has 0 saturated carbocycles. The number of unbranched alkanes of at least 4 members (excludes halogenated alkanes) is 10. The van der Waals surface area contributed by atoms with Gasteiger partial charge in [-0.15, -0.1) is 0 Å². The van der Waals surface area contributed by atoms with Gasteiger partial charge in [0.2, 0.25) is 5.91 Å². The highest BCUT2D eigenvalue weighted by molar-refractivity contribution is 5.90. The Morgan fingerprint density at radius 2 is 1.44 bits per heavy atom. The van der Waals surface area contributed by atoms with Gasteiger partial charge in [-0.05, 0) is 44.2 Å². The highest BCUT2D eigenvalue weighted by atomic mass is 16.1. The molecule has 0 spiro atoms. The van der Waals surface area contributed by atoms with Gasteiger partial charge in [0.15, 0.2) is 0 Å². The molecule has 0 bridgehead atoms. The van der Waals surface area contributed by atoms with Crippen LogP contribution in [0.25, 0.3) is 0 Å². The summed E-state index contributed by atoms with van der Waals surface area (Å²) in [7, 11) is 0. The van der Waals surface area contributed by atoms with Crippen molar-refractivity contribution in [3.8, 4) is 0 Å². The first-order valence-electron chi connectivity index (χ1n) is 10.2. The molecule has 0 fully saturated rings. The fourth-order valence-electron chi connectivity index (χ4n) is 2.84. The third-order valence-corrected chi connectivity index (χ3v) is 4.38. The van der Waals surface area contributed by atoms with Gasteiger partial charge in [-0.3, -0.25) is 9.78 Å². The Labute approximate surface area is 154 Å². The van der Waals surface area contributed by atoms with E-state index in [2.05, 4.69) is 29.4 Å². The monoisotopic (exact) mass is 344 g/mol. The first-order valence-corrected chi connectivity index (χ1v) is 10.2. The van der Waals surface area contributed by atoms with Crippen LogP contribution in [0.2, 0.25) is 0 Å². The van der Waals surface area contributed by atoms with Gasteiger partial charge in [-0.1, -0.05) is 64.0 Å². The van der Waals surface area contributed by atoms with Crippen molar-refractivity contribution in [3.05, 3.63) is 36.7 Å². The van der Waals surface area contributed by atoms with Crippen LogP contribution in [-0.2, 0) is 4.79 Å². The minimum Gasteiger partial charge on any atom is -0.326 e.